The normalized spacial score (nSPS) is 27.2. The molecule has 3 unspecified atom stereocenters. The van der Waals surface area contributed by atoms with Crippen molar-refractivity contribution in [1.29, 1.82) is 0 Å². The largest absolute Gasteiger partial charge is 0.322 e. The Morgan fingerprint density at radius 1 is 0.977 bits per heavy atom. The maximum absolute atomic E-state index is 15.4. The Bertz CT molecular complexity index is 1540. The lowest BCUT2D eigenvalue weighted by molar-refractivity contribution is -0.136. The summed E-state index contributed by atoms with van der Waals surface area (Å²) in [5, 5.41) is 3.07. The molecule has 9 heteroatoms. The second-order valence-electron chi connectivity index (χ2n) is 14.2. The Hall–Kier alpha value is -3.07. The first kappa shape index (κ1) is 29.6. The van der Waals surface area contributed by atoms with Crippen molar-refractivity contribution in [3.63, 3.8) is 0 Å². The van der Waals surface area contributed by atoms with Crippen LogP contribution < -0.4 is 5.32 Å². The van der Waals surface area contributed by atoms with Gasteiger partial charge in [-0.25, -0.2) is 4.39 Å². The quantitative estimate of drug-likeness (QED) is 0.430. The summed E-state index contributed by atoms with van der Waals surface area (Å²) in [5.41, 5.74) is 6.15. The van der Waals surface area contributed by atoms with E-state index in [4.69, 9.17) is 11.6 Å². The van der Waals surface area contributed by atoms with Gasteiger partial charge in [-0.3, -0.25) is 29.5 Å². The lowest BCUT2D eigenvalue weighted by atomic mass is 9.72. The lowest BCUT2D eigenvalue weighted by Crippen LogP contribution is -2.53. The van der Waals surface area contributed by atoms with Crippen LogP contribution in [0, 0.1) is 11.2 Å². The van der Waals surface area contributed by atoms with E-state index in [-0.39, 0.29) is 36.3 Å². The fraction of sp³-hybridized carbons (Fsp3) is 0.514. The van der Waals surface area contributed by atoms with E-state index in [0.29, 0.717) is 24.2 Å². The number of carbonyl (C=O) groups excluding carboxylic acids is 3. The van der Waals surface area contributed by atoms with E-state index >= 15 is 4.39 Å². The van der Waals surface area contributed by atoms with Gasteiger partial charge in [0.25, 0.3) is 5.91 Å². The number of nitrogens with zero attached hydrogens (tertiary/aromatic N) is 3. The van der Waals surface area contributed by atoms with Crippen molar-refractivity contribution in [3.8, 4) is 0 Å². The van der Waals surface area contributed by atoms with Crippen LogP contribution in [0.1, 0.15) is 85.8 Å². The number of fused-ring (bicyclic) bond motifs is 3. The van der Waals surface area contributed by atoms with Gasteiger partial charge in [-0.05, 0) is 84.4 Å². The SMILES string of the molecule is CC1(C)CCC(CN2C3CCC2CN(Cc2cc(F)c4c(c2)CN(C2CCC(=O)NC2=O)C4=O)C3)=C(c2ccc(Cl)cc2)C1. The Morgan fingerprint density at radius 2 is 1.70 bits per heavy atom. The minimum Gasteiger partial charge on any atom is -0.322 e. The lowest BCUT2D eigenvalue weighted by Gasteiger charge is -2.43. The second kappa shape index (κ2) is 11.4. The van der Waals surface area contributed by atoms with Crippen LogP contribution in [0.4, 0.5) is 4.39 Å². The number of hydrogen-bond acceptors (Lipinski definition) is 5. The molecule has 0 saturated carbocycles. The predicted molar refractivity (Wildman–Crippen MR) is 167 cm³/mol. The van der Waals surface area contributed by atoms with Gasteiger partial charge in [0, 0.05) is 56.3 Å². The molecular formula is C35H40ClFN4O3. The average molecular weight is 619 g/mol. The van der Waals surface area contributed by atoms with Gasteiger partial charge in [0.15, 0.2) is 0 Å². The third-order valence-corrected chi connectivity index (χ3v) is 10.8. The van der Waals surface area contributed by atoms with Gasteiger partial charge in [0.2, 0.25) is 11.8 Å². The number of piperidine rings is 1. The zero-order chi connectivity index (χ0) is 30.7. The standard InChI is InChI=1S/C35H40ClFN4O3/c1-35(2)12-11-23(28(15-35)22-3-5-25(36)6-4-22)17-40-26-7-8-27(40)20-39(19-26)16-21-13-24-18-41(34(44)32(24)29(37)14-21)30-9-10-31(42)38-33(30)43/h3-6,13-14,26-27,30H,7-12,15-20H2,1-2H3,(H,38,42,43). The monoisotopic (exact) mass is 618 g/mol. The number of rotatable bonds is 6. The highest BCUT2D eigenvalue weighted by Gasteiger charge is 2.43. The molecule has 0 radical (unpaired) electrons. The summed E-state index contributed by atoms with van der Waals surface area (Å²) in [6.07, 6.45) is 6.18. The van der Waals surface area contributed by atoms with Gasteiger partial charge < -0.3 is 4.90 Å². The number of benzene rings is 2. The zero-order valence-corrected chi connectivity index (χ0v) is 26.3. The summed E-state index contributed by atoms with van der Waals surface area (Å²) in [7, 11) is 0. The van der Waals surface area contributed by atoms with Crippen LogP contribution in [-0.2, 0) is 22.7 Å². The number of piperazine rings is 1. The fourth-order valence-electron chi connectivity index (χ4n) is 8.22. The van der Waals surface area contributed by atoms with Crippen LogP contribution in [0.5, 0.6) is 0 Å². The van der Waals surface area contributed by atoms with E-state index in [0.717, 1.165) is 43.1 Å². The van der Waals surface area contributed by atoms with E-state index in [1.807, 2.05) is 18.2 Å². The van der Waals surface area contributed by atoms with Gasteiger partial charge >= 0.3 is 0 Å². The van der Waals surface area contributed by atoms with Crippen LogP contribution in [-0.4, -0.2) is 70.2 Å². The minimum atomic E-state index is -0.746. The first-order chi connectivity index (χ1) is 21.0. The van der Waals surface area contributed by atoms with Crippen molar-refractivity contribution in [2.45, 2.75) is 90.0 Å². The van der Waals surface area contributed by atoms with E-state index in [1.165, 1.54) is 41.4 Å². The van der Waals surface area contributed by atoms with Crippen molar-refractivity contribution >= 4 is 34.9 Å². The Morgan fingerprint density at radius 3 is 2.41 bits per heavy atom. The molecule has 3 atom stereocenters. The summed E-state index contributed by atoms with van der Waals surface area (Å²) >= 11 is 6.22. The topological polar surface area (TPSA) is 73.0 Å². The Labute approximate surface area is 263 Å². The van der Waals surface area contributed by atoms with Crippen molar-refractivity contribution in [3.05, 3.63) is 75.1 Å². The molecule has 3 amide bonds. The molecular weight excluding hydrogens is 579 g/mol. The summed E-state index contributed by atoms with van der Waals surface area (Å²) in [6, 6.07) is 11.9. The number of likely N-dealkylation sites (tertiary alicyclic amines) is 1. The van der Waals surface area contributed by atoms with E-state index < -0.39 is 23.7 Å². The summed E-state index contributed by atoms with van der Waals surface area (Å²) in [5.74, 6) is -1.81. The molecule has 0 spiro atoms. The van der Waals surface area contributed by atoms with Crippen LogP contribution >= 0.6 is 11.6 Å². The molecule has 1 aliphatic carbocycles. The molecule has 2 bridgehead atoms. The maximum atomic E-state index is 15.4. The number of carbonyl (C=O) groups is 3. The maximum Gasteiger partial charge on any atom is 0.258 e. The van der Waals surface area contributed by atoms with Gasteiger partial charge in [-0.2, -0.15) is 0 Å². The summed E-state index contributed by atoms with van der Waals surface area (Å²) < 4.78 is 15.4. The molecule has 4 heterocycles. The van der Waals surface area contributed by atoms with Crippen molar-refractivity contribution in [2.24, 2.45) is 5.41 Å². The molecule has 7 rings (SSSR count). The molecule has 0 aromatic heterocycles. The second-order valence-corrected chi connectivity index (χ2v) is 14.6. The van der Waals surface area contributed by atoms with Crippen molar-refractivity contribution < 1.29 is 18.8 Å². The third kappa shape index (κ3) is 5.61. The number of amides is 3. The Kier molecular flexibility index (Phi) is 7.66. The smallest absolute Gasteiger partial charge is 0.258 e. The predicted octanol–water partition coefficient (Wildman–Crippen LogP) is 5.55. The molecule has 4 aliphatic heterocycles. The fourth-order valence-corrected chi connectivity index (χ4v) is 8.34. The van der Waals surface area contributed by atoms with E-state index in [9.17, 15) is 14.4 Å². The van der Waals surface area contributed by atoms with Crippen LogP contribution in [0.25, 0.3) is 5.57 Å². The van der Waals surface area contributed by atoms with Crippen LogP contribution in [0.2, 0.25) is 5.02 Å². The van der Waals surface area contributed by atoms with Gasteiger partial charge in [0.1, 0.15) is 11.9 Å². The summed E-state index contributed by atoms with van der Waals surface area (Å²) in [4.78, 5) is 43.7. The van der Waals surface area contributed by atoms with Gasteiger partial charge in [-0.15, -0.1) is 0 Å². The van der Waals surface area contributed by atoms with Gasteiger partial charge in [0.05, 0.1) is 5.56 Å². The number of hydrogen-bond donors (Lipinski definition) is 1. The molecule has 2 aromatic rings. The molecule has 5 aliphatic rings. The van der Waals surface area contributed by atoms with Crippen LogP contribution in [0.3, 0.4) is 0 Å². The first-order valence-corrected chi connectivity index (χ1v) is 16.3. The third-order valence-electron chi connectivity index (χ3n) is 10.5. The molecule has 3 fully saturated rings. The zero-order valence-electron chi connectivity index (χ0n) is 25.5. The van der Waals surface area contributed by atoms with E-state index in [2.05, 4.69) is 41.1 Å². The Balaban J connectivity index is 1.04. The number of imide groups is 1. The molecule has 2 aromatic carbocycles. The summed E-state index contributed by atoms with van der Waals surface area (Å²) in [6.45, 7) is 8.43. The number of allylic oxidation sites excluding steroid dienone is 1. The van der Waals surface area contributed by atoms with Crippen molar-refractivity contribution in [2.75, 3.05) is 19.6 Å². The van der Waals surface area contributed by atoms with Crippen LogP contribution in [0.15, 0.2) is 42.0 Å². The highest BCUT2D eigenvalue weighted by atomic mass is 35.5. The van der Waals surface area contributed by atoms with E-state index in [1.54, 1.807) is 5.57 Å². The highest BCUT2D eigenvalue weighted by molar-refractivity contribution is 6.30. The first-order valence-electron chi connectivity index (χ1n) is 16.0. The number of halogens is 2. The van der Waals surface area contributed by atoms with Gasteiger partial charge in [-0.1, -0.05) is 49.2 Å². The molecule has 44 heavy (non-hydrogen) atoms. The number of nitrogens with one attached hydrogen (secondary N) is 1. The molecule has 7 nitrogen and oxygen atoms in total. The average Bonchev–Trinajstić information content (AvgIpc) is 3.41. The van der Waals surface area contributed by atoms with Crippen molar-refractivity contribution in [1.82, 2.24) is 20.0 Å². The molecule has 1 N–H and O–H groups in total. The molecule has 3 saturated heterocycles. The molecule has 232 valence electrons. The highest BCUT2D eigenvalue weighted by Crippen LogP contribution is 2.44. The minimum absolute atomic E-state index is 0.0590.